The third-order valence-electron chi connectivity index (χ3n) is 5.95. The number of methoxy groups -OCH3 is 1. The molecule has 0 amide bonds. The number of anilines is 1. The Kier molecular flexibility index (Phi) is 6.88. The molecule has 162 valence electrons. The standard InChI is InChI=1S/C23H31N3O2S2/c1-4-30(3)14-15-9-16-11-20(23-25-18(13-29-23)12-21(27)28-2)26-22(16)19(10-15)24-17-7-5-6-8-17/h4,9-11,17-18,24,26H,5-8,12-14H2,1-3H3/p+1. The van der Waals surface area contributed by atoms with E-state index in [2.05, 4.69) is 47.0 Å². The Morgan fingerprint density at radius 3 is 2.90 bits per heavy atom. The average molecular weight is 447 g/mol. The summed E-state index contributed by atoms with van der Waals surface area (Å²) in [5.74, 6) is 1.74. The van der Waals surface area contributed by atoms with Gasteiger partial charge in [0.25, 0.3) is 0 Å². The normalized spacial score (nSPS) is 20.6. The third kappa shape index (κ3) is 4.94. The highest BCUT2D eigenvalue weighted by Crippen LogP contribution is 2.33. The summed E-state index contributed by atoms with van der Waals surface area (Å²) in [7, 11) is 1.34. The molecule has 1 aliphatic carbocycles. The Balaban J connectivity index is 1.65. The number of thiol groups is 1. The van der Waals surface area contributed by atoms with E-state index in [0.29, 0.717) is 12.5 Å². The van der Waals surface area contributed by atoms with Crippen LogP contribution in [0.15, 0.2) is 23.2 Å². The third-order valence-corrected chi connectivity index (χ3v) is 8.84. The zero-order chi connectivity index (χ0) is 21.1. The van der Waals surface area contributed by atoms with Gasteiger partial charge in [-0.1, -0.05) is 12.8 Å². The van der Waals surface area contributed by atoms with Crippen LogP contribution in [-0.2, 0) is 25.8 Å². The molecule has 1 aromatic heterocycles. The number of aromatic nitrogens is 1. The van der Waals surface area contributed by atoms with Gasteiger partial charge in [0.2, 0.25) is 0 Å². The van der Waals surface area contributed by atoms with Crippen LogP contribution in [0.2, 0.25) is 0 Å². The number of aliphatic imine (C=N–C) groups is 1. The number of ether oxygens (including phenoxy) is 1. The van der Waals surface area contributed by atoms with Crippen LogP contribution in [0.25, 0.3) is 10.9 Å². The number of thioether (sulfide) groups is 1. The minimum absolute atomic E-state index is 0.000696. The van der Waals surface area contributed by atoms with Crippen molar-refractivity contribution < 1.29 is 9.53 Å². The van der Waals surface area contributed by atoms with Gasteiger partial charge in [-0.25, -0.2) is 0 Å². The van der Waals surface area contributed by atoms with E-state index in [4.69, 9.17) is 9.73 Å². The SMILES string of the molecule is CC=[SH+](C)Cc1cc(NC2CCCC2)c2[nH]c(C3=NC(CC(=O)OC)CS3)cc2c1. The van der Waals surface area contributed by atoms with Crippen molar-refractivity contribution in [2.24, 2.45) is 4.99 Å². The van der Waals surface area contributed by atoms with Gasteiger partial charge in [-0.05, 0) is 43.5 Å². The van der Waals surface area contributed by atoms with Gasteiger partial charge in [0.05, 0.1) is 53.8 Å². The van der Waals surface area contributed by atoms with Gasteiger partial charge in [-0.3, -0.25) is 9.79 Å². The lowest BCUT2D eigenvalue weighted by Gasteiger charge is -2.15. The molecule has 7 heteroatoms. The molecule has 5 nitrogen and oxygen atoms in total. The van der Waals surface area contributed by atoms with Crippen LogP contribution in [0.4, 0.5) is 5.69 Å². The van der Waals surface area contributed by atoms with E-state index in [1.54, 1.807) is 11.8 Å². The molecule has 0 bridgehead atoms. The number of rotatable bonds is 7. The van der Waals surface area contributed by atoms with Crippen molar-refractivity contribution in [3.05, 3.63) is 29.5 Å². The zero-order valence-electron chi connectivity index (χ0n) is 18.0. The first kappa shape index (κ1) is 21.5. The number of esters is 1. The first-order chi connectivity index (χ1) is 14.6. The minimum atomic E-state index is -0.196. The summed E-state index contributed by atoms with van der Waals surface area (Å²) in [4.78, 5) is 20.0. The molecule has 2 unspecified atom stereocenters. The van der Waals surface area contributed by atoms with E-state index in [-0.39, 0.29) is 22.5 Å². The summed E-state index contributed by atoms with van der Waals surface area (Å²) in [6.07, 6.45) is 7.81. The number of hydrogen-bond acceptors (Lipinski definition) is 5. The van der Waals surface area contributed by atoms with Crippen molar-refractivity contribution in [2.75, 3.05) is 24.4 Å². The number of carbonyl (C=O) groups is 1. The van der Waals surface area contributed by atoms with Crippen molar-refractivity contribution >= 4 is 55.2 Å². The van der Waals surface area contributed by atoms with Crippen LogP contribution in [0, 0.1) is 0 Å². The molecular formula is C23H32N3O2S2+. The van der Waals surface area contributed by atoms with E-state index in [9.17, 15) is 4.79 Å². The molecule has 1 aliphatic heterocycles. The number of fused-ring (bicyclic) bond motifs is 1. The number of aromatic amines is 1. The molecule has 0 radical (unpaired) electrons. The van der Waals surface area contributed by atoms with Gasteiger partial charge >= 0.3 is 5.97 Å². The van der Waals surface area contributed by atoms with Gasteiger partial charge in [0.15, 0.2) is 0 Å². The first-order valence-corrected chi connectivity index (χ1v) is 13.8. The largest absolute Gasteiger partial charge is 0.469 e. The second-order valence-electron chi connectivity index (χ2n) is 8.27. The number of carbonyl (C=O) groups excluding carboxylic acids is 1. The highest BCUT2D eigenvalue weighted by molar-refractivity contribution is 8.14. The summed E-state index contributed by atoms with van der Waals surface area (Å²) in [6, 6.07) is 7.45. The molecule has 2 aliphatic rings. The van der Waals surface area contributed by atoms with Gasteiger partial charge < -0.3 is 15.0 Å². The molecule has 2 heterocycles. The number of benzene rings is 1. The lowest BCUT2D eigenvalue weighted by Crippen LogP contribution is -2.15. The fourth-order valence-corrected chi connectivity index (χ4v) is 6.21. The molecule has 0 spiro atoms. The number of hydrogen-bond donors (Lipinski definition) is 2. The predicted octanol–water partition coefficient (Wildman–Crippen LogP) is 4.25. The minimum Gasteiger partial charge on any atom is -0.469 e. The smallest absolute Gasteiger partial charge is 0.307 e. The molecule has 0 saturated heterocycles. The summed E-state index contributed by atoms with van der Waals surface area (Å²) < 4.78 is 4.80. The first-order valence-electron chi connectivity index (χ1n) is 10.8. The van der Waals surface area contributed by atoms with Gasteiger partial charge in [-0.2, -0.15) is 0 Å². The second kappa shape index (κ2) is 9.60. The lowest BCUT2D eigenvalue weighted by atomic mass is 10.1. The molecule has 1 aromatic carbocycles. The Morgan fingerprint density at radius 2 is 2.17 bits per heavy atom. The van der Waals surface area contributed by atoms with Crippen molar-refractivity contribution in [3.63, 3.8) is 0 Å². The Bertz CT molecular complexity index is 990. The van der Waals surface area contributed by atoms with Crippen LogP contribution < -0.4 is 5.32 Å². The highest BCUT2D eigenvalue weighted by Gasteiger charge is 2.24. The molecule has 2 aromatic rings. The predicted molar refractivity (Wildman–Crippen MR) is 134 cm³/mol. The van der Waals surface area contributed by atoms with E-state index in [1.807, 2.05) is 0 Å². The molecule has 1 saturated carbocycles. The van der Waals surface area contributed by atoms with Crippen LogP contribution >= 0.6 is 11.8 Å². The summed E-state index contributed by atoms with van der Waals surface area (Å²) in [5.41, 5.74) is 4.83. The maximum Gasteiger partial charge on any atom is 0.307 e. The molecule has 2 N–H and O–H groups in total. The average Bonchev–Trinajstić information content (AvgIpc) is 3.48. The Hall–Kier alpha value is -1.73. The van der Waals surface area contributed by atoms with Crippen molar-refractivity contribution in [3.8, 4) is 0 Å². The van der Waals surface area contributed by atoms with Crippen molar-refractivity contribution in [1.29, 1.82) is 0 Å². The van der Waals surface area contributed by atoms with Gasteiger partial charge in [-0.15, -0.1) is 22.2 Å². The number of nitrogens with zero attached hydrogens (tertiary/aromatic N) is 1. The Morgan fingerprint density at radius 1 is 1.37 bits per heavy atom. The zero-order valence-corrected chi connectivity index (χ0v) is 19.7. The summed E-state index contributed by atoms with van der Waals surface area (Å²) >= 11 is 1.72. The van der Waals surface area contributed by atoms with Gasteiger partial charge in [0, 0.05) is 17.2 Å². The Labute approximate surface area is 185 Å². The molecule has 2 atom stereocenters. The van der Waals surface area contributed by atoms with Crippen LogP contribution in [0.1, 0.15) is 50.3 Å². The van der Waals surface area contributed by atoms with Crippen LogP contribution in [0.5, 0.6) is 0 Å². The van der Waals surface area contributed by atoms with Crippen molar-refractivity contribution in [1.82, 2.24) is 4.98 Å². The highest BCUT2D eigenvalue weighted by atomic mass is 32.2. The van der Waals surface area contributed by atoms with E-state index in [0.717, 1.165) is 22.2 Å². The van der Waals surface area contributed by atoms with Crippen LogP contribution in [-0.4, -0.2) is 52.6 Å². The topological polar surface area (TPSA) is 66.5 Å². The maximum absolute atomic E-state index is 11.6. The van der Waals surface area contributed by atoms with E-state index < -0.39 is 0 Å². The van der Waals surface area contributed by atoms with Gasteiger partial charge in [0.1, 0.15) is 5.04 Å². The maximum atomic E-state index is 11.6. The molecule has 30 heavy (non-hydrogen) atoms. The molecule has 4 rings (SSSR count). The van der Waals surface area contributed by atoms with E-state index >= 15 is 0 Å². The monoisotopic (exact) mass is 446 g/mol. The summed E-state index contributed by atoms with van der Waals surface area (Å²) in [5, 5.41) is 8.38. The quantitative estimate of drug-likeness (QED) is 0.289. The fraction of sp³-hybridized carbons (Fsp3) is 0.522. The van der Waals surface area contributed by atoms with E-state index in [1.165, 1.54) is 54.9 Å². The lowest BCUT2D eigenvalue weighted by molar-refractivity contribution is -0.140. The van der Waals surface area contributed by atoms with Crippen molar-refractivity contribution in [2.45, 2.75) is 56.9 Å². The second-order valence-corrected chi connectivity index (χ2v) is 11.6. The van der Waals surface area contributed by atoms with Crippen LogP contribution in [0.3, 0.4) is 0 Å². The molecule has 1 fully saturated rings. The fourth-order valence-electron chi connectivity index (χ4n) is 4.24. The summed E-state index contributed by atoms with van der Waals surface area (Å²) in [6.45, 7) is 2.16. The molecular weight excluding hydrogens is 414 g/mol. The number of nitrogens with one attached hydrogen (secondary N) is 2. The number of H-pyrrole nitrogens is 1.